The number of aromatic nitrogens is 1. The molecule has 1 heterocycles. The Labute approximate surface area is 143 Å². The topological polar surface area (TPSA) is 22.0 Å². The molecule has 25 heavy (non-hydrogen) atoms. The molecule has 0 fully saturated rings. The summed E-state index contributed by atoms with van der Waals surface area (Å²) >= 11 is 0. The van der Waals surface area contributed by atoms with Crippen molar-refractivity contribution in [2.75, 3.05) is 0 Å². The third kappa shape index (κ3) is 3.82. The molecular formula is C20H16F3NO. The van der Waals surface area contributed by atoms with Crippen LogP contribution in [0.25, 0.3) is 11.3 Å². The van der Waals surface area contributed by atoms with Gasteiger partial charge in [0.2, 0.25) is 0 Å². The molecule has 0 aliphatic heterocycles. The Bertz CT molecular complexity index is 940. The van der Waals surface area contributed by atoms with Gasteiger partial charge in [-0.3, -0.25) is 4.79 Å². The molecule has 0 unspecified atom stereocenters. The van der Waals surface area contributed by atoms with E-state index in [1.54, 1.807) is 18.2 Å². The summed E-state index contributed by atoms with van der Waals surface area (Å²) in [6.07, 6.45) is -4.42. The number of nitrogens with zero attached hydrogens (tertiary/aromatic N) is 1. The van der Waals surface area contributed by atoms with Crippen molar-refractivity contribution >= 4 is 0 Å². The van der Waals surface area contributed by atoms with Gasteiger partial charge >= 0.3 is 6.18 Å². The minimum atomic E-state index is -4.42. The number of pyridine rings is 1. The summed E-state index contributed by atoms with van der Waals surface area (Å²) in [7, 11) is 0. The molecule has 0 N–H and O–H groups in total. The molecule has 1 aromatic heterocycles. The first-order valence-electron chi connectivity index (χ1n) is 7.77. The van der Waals surface area contributed by atoms with Crippen molar-refractivity contribution in [1.29, 1.82) is 0 Å². The van der Waals surface area contributed by atoms with E-state index in [1.807, 2.05) is 31.2 Å². The van der Waals surface area contributed by atoms with E-state index >= 15 is 0 Å². The third-order valence-electron chi connectivity index (χ3n) is 4.00. The number of alkyl halides is 3. The van der Waals surface area contributed by atoms with E-state index in [-0.39, 0.29) is 5.56 Å². The fraction of sp³-hybridized carbons (Fsp3) is 0.150. The second kappa shape index (κ2) is 6.59. The highest BCUT2D eigenvalue weighted by Gasteiger charge is 2.30. The minimum absolute atomic E-state index is 0.254. The van der Waals surface area contributed by atoms with Crippen LogP contribution < -0.4 is 5.56 Å². The Morgan fingerprint density at radius 3 is 2.28 bits per heavy atom. The first kappa shape index (κ1) is 17.0. The van der Waals surface area contributed by atoms with Crippen molar-refractivity contribution < 1.29 is 13.2 Å². The number of halogens is 3. The molecule has 0 atom stereocenters. The number of hydrogen-bond donors (Lipinski definition) is 0. The fourth-order valence-corrected chi connectivity index (χ4v) is 2.67. The summed E-state index contributed by atoms with van der Waals surface area (Å²) in [4.78, 5) is 12.3. The van der Waals surface area contributed by atoms with E-state index in [9.17, 15) is 18.0 Å². The van der Waals surface area contributed by atoms with Crippen molar-refractivity contribution in [2.45, 2.75) is 19.6 Å². The van der Waals surface area contributed by atoms with E-state index in [0.29, 0.717) is 17.8 Å². The third-order valence-corrected chi connectivity index (χ3v) is 4.00. The van der Waals surface area contributed by atoms with Crippen LogP contribution >= 0.6 is 0 Å². The first-order valence-corrected chi connectivity index (χ1v) is 7.77. The van der Waals surface area contributed by atoms with Gasteiger partial charge in [0.25, 0.3) is 5.56 Å². The molecule has 0 spiro atoms. The van der Waals surface area contributed by atoms with Gasteiger partial charge in [0.05, 0.1) is 17.8 Å². The van der Waals surface area contributed by atoms with Crippen LogP contribution in [0.3, 0.4) is 0 Å². The van der Waals surface area contributed by atoms with Crippen molar-refractivity contribution in [3.05, 3.63) is 93.8 Å². The predicted molar refractivity (Wildman–Crippen MR) is 91.4 cm³/mol. The lowest BCUT2D eigenvalue weighted by atomic mass is 10.1. The van der Waals surface area contributed by atoms with Crippen LogP contribution in [-0.2, 0) is 12.7 Å². The van der Waals surface area contributed by atoms with E-state index in [0.717, 1.165) is 23.3 Å². The lowest BCUT2D eigenvalue weighted by Gasteiger charge is -2.15. The monoisotopic (exact) mass is 343 g/mol. The Hall–Kier alpha value is -2.82. The molecule has 3 aromatic rings. The van der Waals surface area contributed by atoms with E-state index in [1.165, 1.54) is 16.7 Å². The molecule has 0 aliphatic carbocycles. The minimum Gasteiger partial charge on any atom is -0.304 e. The number of aryl methyl sites for hydroxylation is 1. The summed E-state index contributed by atoms with van der Waals surface area (Å²) in [5.74, 6) is 0. The molecule has 3 rings (SSSR count). The number of benzene rings is 2. The van der Waals surface area contributed by atoms with Gasteiger partial charge in [0.15, 0.2) is 0 Å². The van der Waals surface area contributed by atoms with Crippen molar-refractivity contribution in [2.24, 2.45) is 0 Å². The van der Waals surface area contributed by atoms with Gasteiger partial charge in [-0.05, 0) is 36.2 Å². The predicted octanol–water partition coefficient (Wildman–Crippen LogP) is 4.89. The molecule has 0 radical (unpaired) electrons. The average molecular weight is 343 g/mol. The Balaban J connectivity index is 2.07. The Morgan fingerprint density at radius 2 is 1.60 bits per heavy atom. The average Bonchev–Trinajstić information content (AvgIpc) is 2.58. The van der Waals surface area contributed by atoms with Crippen molar-refractivity contribution in [1.82, 2.24) is 4.57 Å². The molecule has 2 nitrogen and oxygen atoms in total. The second-order valence-corrected chi connectivity index (χ2v) is 5.90. The smallest absolute Gasteiger partial charge is 0.304 e. The largest absolute Gasteiger partial charge is 0.416 e. The van der Waals surface area contributed by atoms with Gasteiger partial charge in [0.1, 0.15) is 0 Å². The summed E-state index contributed by atoms with van der Waals surface area (Å²) < 4.78 is 40.4. The summed E-state index contributed by atoms with van der Waals surface area (Å²) in [5, 5.41) is 0. The summed E-state index contributed by atoms with van der Waals surface area (Å²) in [6.45, 7) is 2.26. The maximum Gasteiger partial charge on any atom is 0.416 e. The van der Waals surface area contributed by atoms with Crippen LogP contribution in [0, 0.1) is 6.92 Å². The maximum atomic E-state index is 13.0. The fourth-order valence-electron chi connectivity index (χ4n) is 2.67. The van der Waals surface area contributed by atoms with Gasteiger partial charge in [-0.1, -0.05) is 48.0 Å². The molecule has 0 aliphatic rings. The normalized spacial score (nSPS) is 11.5. The molecular weight excluding hydrogens is 327 g/mol. The summed E-state index contributed by atoms with van der Waals surface area (Å²) in [6, 6.07) is 17.3. The van der Waals surface area contributed by atoms with Crippen LogP contribution in [0.2, 0.25) is 0 Å². The van der Waals surface area contributed by atoms with Crippen LogP contribution in [-0.4, -0.2) is 4.57 Å². The quantitative estimate of drug-likeness (QED) is 0.664. The Morgan fingerprint density at radius 1 is 0.920 bits per heavy atom. The van der Waals surface area contributed by atoms with E-state index in [2.05, 4.69) is 0 Å². The second-order valence-electron chi connectivity index (χ2n) is 5.90. The zero-order valence-corrected chi connectivity index (χ0v) is 13.5. The Kier molecular flexibility index (Phi) is 4.49. The van der Waals surface area contributed by atoms with E-state index in [4.69, 9.17) is 0 Å². The first-order chi connectivity index (χ1) is 11.8. The molecule has 2 aromatic carbocycles. The molecule has 5 heteroatoms. The van der Waals surface area contributed by atoms with Crippen LogP contribution in [0.1, 0.15) is 16.7 Å². The summed E-state index contributed by atoms with van der Waals surface area (Å²) in [5.41, 5.74) is 1.84. The lowest BCUT2D eigenvalue weighted by Crippen LogP contribution is -2.21. The van der Waals surface area contributed by atoms with E-state index < -0.39 is 11.7 Å². The molecule has 0 bridgehead atoms. The van der Waals surface area contributed by atoms with Gasteiger partial charge in [0, 0.05) is 6.07 Å². The van der Waals surface area contributed by atoms with Gasteiger partial charge in [-0.25, -0.2) is 0 Å². The van der Waals surface area contributed by atoms with Crippen molar-refractivity contribution in [3.63, 3.8) is 0 Å². The SMILES string of the molecule is Cc1ccc(Cn2c(-c3cccc(C(F)(F)F)c3)cccc2=O)cc1. The highest BCUT2D eigenvalue weighted by molar-refractivity contribution is 5.61. The lowest BCUT2D eigenvalue weighted by molar-refractivity contribution is -0.137. The van der Waals surface area contributed by atoms with Gasteiger partial charge in [-0.2, -0.15) is 13.2 Å². The maximum absolute atomic E-state index is 13.0. The molecule has 128 valence electrons. The van der Waals surface area contributed by atoms with Crippen molar-refractivity contribution in [3.8, 4) is 11.3 Å². The molecule has 0 amide bonds. The molecule has 0 saturated carbocycles. The van der Waals surface area contributed by atoms with Gasteiger partial charge < -0.3 is 4.57 Å². The zero-order chi connectivity index (χ0) is 18.0. The highest BCUT2D eigenvalue weighted by Crippen LogP contribution is 2.32. The van der Waals surface area contributed by atoms with Gasteiger partial charge in [-0.15, -0.1) is 0 Å². The number of hydrogen-bond acceptors (Lipinski definition) is 1. The van der Waals surface area contributed by atoms with Crippen LogP contribution in [0.5, 0.6) is 0 Å². The molecule has 0 saturated heterocycles. The number of rotatable bonds is 3. The standard InChI is InChI=1S/C20H16F3NO/c1-14-8-10-15(11-9-14)13-24-18(6-3-7-19(24)25)16-4-2-5-17(12-16)20(21,22)23/h2-12H,13H2,1H3. The zero-order valence-electron chi connectivity index (χ0n) is 13.5. The van der Waals surface area contributed by atoms with Crippen LogP contribution in [0.15, 0.2) is 71.5 Å². The highest BCUT2D eigenvalue weighted by atomic mass is 19.4. The van der Waals surface area contributed by atoms with Crippen LogP contribution in [0.4, 0.5) is 13.2 Å².